The van der Waals surface area contributed by atoms with E-state index >= 15 is 0 Å². The Morgan fingerprint density at radius 2 is 0.625 bits per heavy atom. The van der Waals surface area contributed by atoms with E-state index in [0.717, 1.165) is 55.4 Å². The molecule has 0 saturated heterocycles. The van der Waals surface area contributed by atoms with Crippen LogP contribution < -0.4 is 0 Å². The first kappa shape index (κ1) is 36.9. The molecule has 6 aromatic carbocycles. The number of rotatable bonds is 9. The zero-order chi connectivity index (χ0) is 39.1. The van der Waals surface area contributed by atoms with Crippen molar-refractivity contribution in [3.05, 3.63) is 156 Å². The molecule has 56 heavy (non-hydrogen) atoms. The molecule has 4 heteroatoms. The molecule has 0 aliphatic rings. The predicted octanol–water partition coefficient (Wildman–Crippen LogP) is 14.4. The highest BCUT2D eigenvalue weighted by molar-refractivity contribution is 5.97. The van der Waals surface area contributed by atoms with Gasteiger partial charge in [0.1, 0.15) is 0 Å². The van der Waals surface area contributed by atoms with Gasteiger partial charge in [-0.3, -0.25) is 0 Å². The molecule has 0 N–H and O–H groups in total. The summed E-state index contributed by atoms with van der Waals surface area (Å²) in [5, 5.41) is 4.54. The van der Waals surface area contributed by atoms with Gasteiger partial charge in [-0.1, -0.05) is 177 Å². The van der Waals surface area contributed by atoms with Crippen molar-refractivity contribution in [1.82, 2.24) is 19.9 Å². The van der Waals surface area contributed by atoms with Crippen molar-refractivity contribution in [2.24, 2.45) is 0 Å². The van der Waals surface area contributed by atoms with Crippen LogP contribution in [0.1, 0.15) is 101 Å². The third-order valence-electron chi connectivity index (χ3n) is 11.0. The highest BCUT2D eigenvalue weighted by atomic mass is 14.9. The first-order valence-electron chi connectivity index (χ1n) is 20.1. The van der Waals surface area contributed by atoms with Crippen LogP contribution in [0, 0.1) is 0 Å². The first-order valence-corrected chi connectivity index (χ1v) is 20.1. The van der Waals surface area contributed by atoms with Gasteiger partial charge in [0.05, 0.1) is 22.8 Å². The van der Waals surface area contributed by atoms with Crippen molar-refractivity contribution in [3.63, 3.8) is 0 Å². The largest absolute Gasteiger partial charge is 0.228 e. The minimum atomic E-state index is 0.300. The monoisotopic (exact) mass is 730 g/mol. The fourth-order valence-corrected chi connectivity index (χ4v) is 8.19. The van der Waals surface area contributed by atoms with Crippen LogP contribution >= 0.6 is 0 Å². The molecule has 2 heterocycles. The van der Waals surface area contributed by atoms with Crippen LogP contribution in [0.3, 0.4) is 0 Å². The summed E-state index contributed by atoms with van der Waals surface area (Å²) in [5.74, 6) is 2.56. The first-order chi connectivity index (χ1) is 27.1. The number of hydrogen-bond donors (Lipinski definition) is 0. The lowest BCUT2D eigenvalue weighted by Crippen LogP contribution is -2.05. The minimum absolute atomic E-state index is 0.300. The number of hydrogen-bond acceptors (Lipinski definition) is 4. The molecule has 0 fully saturated rings. The van der Waals surface area contributed by atoms with E-state index in [1.807, 2.05) is 0 Å². The molecule has 0 aliphatic carbocycles. The number of aromatic nitrogens is 4. The number of nitrogens with zero attached hydrogens (tertiary/aromatic N) is 4. The third kappa shape index (κ3) is 6.90. The Morgan fingerprint density at radius 3 is 0.982 bits per heavy atom. The standard InChI is InChI=1S/C52H50N4/c1-31(2)37-23-15-24-38(32(3)4)49(37)47-29-45(53-51(55-47)43-27-13-19-35-17-9-11-21-41(35)43)46-30-48(50-39(33(5)6)25-16-26-40(50)34(7)8)56-52(54-46)44-28-14-20-36-18-10-12-22-42(36)44/h9-34H,1-8H3. The summed E-state index contributed by atoms with van der Waals surface area (Å²) in [6, 6.07) is 47.5. The van der Waals surface area contributed by atoms with Gasteiger partial charge in [0, 0.05) is 22.3 Å². The number of fused-ring (bicyclic) bond motifs is 2. The van der Waals surface area contributed by atoms with E-state index in [-0.39, 0.29) is 0 Å². The van der Waals surface area contributed by atoms with Crippen molar-refractivity contribution in [1.29, 1.82) is 0 Å². The van der Waals surface area contributed by atoms with E-state index in [1.54, 1.807) is 0 Å². The zero-order valence-electron chi connectivity index (χ0n) is 33.8. The van der Waals surface area contributed by atoms with Gasteiger partial charge in [-0.2, -0.15) is 0 Å². The fraction of sp³-hybridized carbons (Fsp3) is 0.231. The van der Waals surface area contributed by atoms with Crippen molar-refractivity contribution in [2.75, 3.05) is 0 Å². The lowest BCUT2D eigenvalue weighted by atomic mass is 9.86. The van der Waals surface area contributed by atoms with Crippen LogP contribution in [0.4, 0.5) is 0 Å². The Labute approximate surface area is 331 Å². The topological polar surface area (TPSA) is 51.6 Å². The van der Waals surface area contributed by atoms with E-state index in [9.17, 15) is 0 Å². The highest BCUT2D eigenvalue weighted by Crippen LogP contribution is 2.41. The summed E-state index contributed by atoms with van der Waals surface area (Å²) in [6.45, 7) is 18.1. The average molecular weight is 731 g/mol. The summed E-state index contributed by atoms with van der Waals surface area (Å²) < 4.78 is 0. The normalized spacial score (nSPS) is 11.9. The molecule has 0 atom stereocenters. The van der Waals surface area contributed by atoms with E-state index in [2.05, 4.69) is 189 Å². The second-order valence-corrected chi connectivity index (χ2v) is 16.2. The van der Waals surface area contributed by atoms with Crippen molar-refractivity contribution in [3.8, 4) is 56.7 Å². The Morgan fingerprint density at radius 1 is 0.321 bits per heavy atom. The molecule has 0 bridgehead atoms. The van der Waals surface area contributed by atoms with Gasteiger partial charge >= 0.3 is 0 Å². The molecule has 4 nitrogen and oxygen atoms in total. The molecule has 0 radical (unpaired) electrons. The van der Waals surface area contributed by atoms with Gasteiger partial charge < -0.3 is 0 Å². The number of benzene rings is 6. The summed E-state index contributed by atoms with van der Waals surface area (Å²) in [6.07, 6.45) is 0. The maximum atomic E-state index is 5.46. The Bertz CT molecular complexity index is 2470. The van der Waals surface area contributed by atoms with Crippen molar-refractivity contribution in [2.45, 2.75) is 79.1 Å². The van der Waals surface area contributed by atoms with Gasteiger partial charge in [-0.25, -0.2) is 19.9 Å². The third-order valence-corrected chi connectivity index (χ3v) is 11.0. The maximum absolute atomic E-state index is 5.46. The van der Waals surface area contributed by atoms with Crippen LogP contribution in [0.25, 0.3) is 78.2 Å². The van der Waals surface area contributed by atoms with Gasteiger partial charge in [-0.15, -0.1) is 0 Å². The molecule has 0 aliphatic heterocycles. The van der Waals surface area contributed by atoms with Crippen LogP contribution in [0.15, 0.2) is 133 Å². The Kier molecular flexibility index (Phi) is 10.1. The highest BCUT2D eigenvalue weighted by Gasteiger charge is 2.23. The zero-order valence-corrected chi connectivity index (χ0v) is 33.8. The van der Waals surface area contributed by atoms with Crippen LogP contribution in [0.2, 0.25) is 0 Å². The van der Waals surface area contributed by atoms with E-state index in [0.29, 0.717) is 35.3 Å². The van der Waals surface area contributed by atoms with Crippen molar-refractivity contribution >= 4 is 21.5 Å². The smallest absolute Gasteiger partial charge is 0.161 e. The average Bonchev–Trinajstić information content (AvgIpc) is 3.22. The molecule has 0 saturated carbocycles. The van der Waals surface area contributed by atoms with Gasteiger partial charge in [-0.05, 0) is 79.6 Å². The lowest BCUT2D eigenvalue weighted by Gasteiger charge is -2.21. The molecule has 0 spiro atoms. The molecule has 8 rings (SSSR count). The fourth-order valence-electron chi connectivity index (χ4n) is 8.19. The molecule has 0 unspecified atom stereocenters. The Balaban J connectivity index is 1.49. The second kappa shape index (κ2) is 15.3. The van der Waals surface area contributed by atoms with Crippen LogP contribution in [0.5, 0.6) is 0 Å². The maximum Gasteiger partial charge on any atom is 0.161 e. The summed E-state index contributed by atoms with van der Waals surface area (Å²) in [4.78, 5) is 21.8. The van der Waals surface area contributed by atoms with E-state index in [1.165, 1.54) is 33.4 Å². The van der Waals surface area contributed by atoms with Gasteiger partial charge in [0.2, 0.25) is 0 Å². The minimum Gasteiger partial charge on any atom is -0.228 e. The van der Waals surface area contributed by atoms with E-state index < -0.39 is 0 Å². The van der Waals surface area contributed by atoms with Gasteiger partial charge in [0.15, 0.2) is 11.6 Å². The van der Waals surface area contributed by atoms with E-state index in [4.69, 9.17) is 19.9 Å². The molecule has 0 amide bonds. The molecular formula is C52H50N4. The molecule has 8 aromatic rings. The van der Waals surface area contributed by atoms with Gasteiger partial charge in [0.25, 0.3) is 0 Å². The predicted molar refractivity (Wildman–Crippen MR) is 236 cm³/mol. The summed E-state index contributed by atoms with van der Waals surface area (Å²) in [7, 11) is 0. The quantitative estimate of drug-likeness (QED) is 0.148. The lowest BCUT2D eigenvalue weighted by molar-refractivity contribution is 0.835. The molecule has 278 valence electrons. The summed E-state index contributed by atoms with van der Waals surface area (Å²) in [5.41, 5.74) is 12.8. The van der Waals surface area contributed by atoms with Crippen LogP contribution in [-0.4, -0.2) is 19.9 Å². The van der Waals surface area contributed by atoms with Crippen molar-refractivity contribution < 1.29 is 0 Å². The molecule has 2 aromatic heterocycles. The Hall–Kier alpha value is -6.00. The SMILES string of the molecule is CC(C)c1cccc(C(C)C)c1-c1cc(-c2cc(-c3c(C(C)C)cccc3C(C)C)nc(-c3cccc4ccccc34)n2)nc(-c2cccc3ccccc23)n1. The molecular weight excluding hydrogens is 681 g/mol. The summed E-state index contributed by atoms with van der Waals surface area (Å²) >= 11 is 0. The second-order valence-electron chi connectivity index (χ2n) is 16.2. The van der Waals surface area contributed by atoms with Crippen LogP contribution in [-0.2, 0) is 0 Å².